The lowest BCUT2D eigenvalue weighted by Crippen LogP contribution is -2.27. The van der Waals surface area contributed by atoms with Gasteiger partial charge in [0.15, 0.2) is 5.16 Å². The van der Waals surface area contributed by atoms with Crippen LogP contribution >= 0.6 is 23.4 Å². The highest BCUT2D eigenvalue weighted by Crippen LogP contribution is 2.14. The normalized spacial score (nSPS) is 10.6. The van der Waals surface area contributed by atoms with Crippen LogP contribution in [-0.4, -0.2) is 33.0 Å². The molecule has 1 aromatic carbocycles. The van der Waals surface area contributed by atoms with Crippen molar-refractivity contribution in [2.75, 3.05) is 12.3 Å². The lowest BCUT2D eigenvalue weighted by molar-refractivity contribution is -0.118. The van der Waals surface area contributed by atoms with Crippen molar-refractivity contribution < 1.29 is 4.79 Å². The van der Waals surface area contributed by atoms with Crippen molar-refractivity contribution in [2.24, 2.45) is 0 Å². The minimum atomic E-state index is -0.00678. The number of nitrogens with one attached hydrogen (secondary N) is 1. The highest BCUT2D eigenvalue weighted by molar-refractivity contribution is 7.99. The zero-order valence-electron chi connectivity index (χ0n) is 11.8. The van der Waals surface area contributed by atoms with Gasteiger partial charge in [-0.25, -0.2) is 0 Å². The first-order valence-electron chi connectivity index (χ1n) is 6.70. The number of aromatic nitrogens is 3. The number of halogens is 1. The Hall–Kier alpha value is -1.53. The van der Waals surface area contributed by atoms with Crippen molar-refractivity contribution in [2.45, 2.75) is 25.0 Å². The van der Waals surface area contributed by atoms with Gasteiger partial charge in [-0.3, -0.25) is 4.79 Å². The molecule has 1 amide bonds. The third-order valence-electron chi connectivity index (χ3n) is 2.88. The van der Waals surface area contributed by atoms with Crippen LogP contribution in [-0.2, 0) is 17.8 Å². The minimum Gasteiger partial charge on any atom is -0.355 e. The van der Waals surface area contributed by atoms with E-state index in [9.17, 15) is 4.79 Å². The second-order valence-electron chi connectivity index (χ2n) is 4.42. The average Bonchev–Trinajstić information content (AvgIpc) is 2.92. The third kappa shape index (κ3) is 5.06. The van der Waals surface area contributed by atoms with E-state index >= 15 is 0 Å². The Bertz CT molecular complexity index is 602. The van der Waals surface area contributed by atoms with Crippen LogP contribution in [0.1, 0.15) is 12.5 Å². The number of rotatable bonds is 7. The van der Waals surface area contributed by atoms with Gasteiger partial charge in [0.2, 0.25) is 5.91 Å². The molecule has 0 bridgehead atoms. The summed E-state index contributed by atoms with van der Waals surface area (Å²) in [6, 6.07) is 7.65. The van der Waals surface area contributed by atoms with Crippen LogP contribution in [0.5, 0.6) is 0 Å². The van der Waals surface area contributed by atoms with E-state index in [1.807, 2.05) is 35.8 Å². The zero-order valence-corrected chi connectivity index (χ0v) is 13.3. The fourth-order valence-corrected chi connectivity index (χ4v) is 2.82. The van der Waals surface area contributed by atoms with Crippen LogP contribution in [0.4, 0.5) is 0 Å². The van der Waals surface area contributed by atoms with Crippen LogP contribution in [0.25, 0.3) is 0 Å². The van der Waals surface area contributed by atoms with E-state index in [0.29, 0.717) is 17.3 Å². The zero-order chi connectivity index (χ0) is 15.1. The highest BCUT2D eigenvalue weighted by atomic mass is 35.5. The van der Waals surface area contributed by atoms with Crippen LogP contribution in [0.3, 0.4) is 0 Å². The fraction of sp³-hybridized carbons (Fsp3) is 0.357. The standard InChI is InChI=1S/C14H17ClN4OS/c1-2-19-10-17-18-14(19)21-9-13(20)16-7-6-11-4-3-5-12(15)8-11/h3-5,8,10H,2,6-7,9H2,1H3,(H,16,20). The van der Waals surface area contributed by atoms with Gasteiger partial charge in [-0.1, -0.05) is 35.5 Å². The van der Waals surface area contributed by atoms with Gasteiger partial charge in [-0.05, 0) is 31.0 Å². The van der Waals surface area contributed by atoms with Gasteiger partial charge in [-0.2, -0.15) is 0 Å². The largest absolute Gasteiger partial charge is 0.355 e. The van der Waals surface area contributed by atoms with E-state index in [2.05, 4.69) is 15.5 Å². The molecule has 1 heterocycles. The molecule has 0 unspecified atom stereocenters. The van der Waals surface area contributed by atoms with E-state index in [1.54, 1.807) is 6.33 Å². The molecule has 0 fully saturated rings. The first-order valence-corrected chi connectivity index (χ1v) is 8.07. The SMILES string of the molecule is CCn1cnnc1SCC(=O)NCCc1cccc(Cl)c1. The molecule has 0 aliphatic carbocycles. The quantitative estimate of drug-likeness (QED) is 0.795. The Balaban J connectivity index is 1.70. The van der Waals surface area contributed by atoms with E-state index < -0.39 is 0 Å². The molecule has 0 saturated heterocycles. The number of carbonyl (C=O) groups is 1. The van der Waals surface area contributed by atoms with Crippen molar-refractivity contribution in [3.8, 4) is 0 Å². The van der Waals surface area contributed by atoms with Crippen LogP contribution in [0.2, 0.25) is 5.02 Å². The molecule has 0 aliphatic rings. The Kier molecular flexibility index (Phi) is 6.07. The number of amides is 1. The average molecular weight is 325 g/mol. The molecule has 0 aliphatic heterocycles. The molecule has 0 radical (unpaired) electrons. The Morgan fingerprint density at radius 1 is 1.48 bits per heavy atom. The number of nitrogens with zero attached hydrogens (tertiary/aromatic N) is 3. The fourth-order valence-electron chi connectivity index (χ4n) is 1.79. The van der Waals surface area contributed by atoms with Gasteiger partial charge in [0.05, 0.1) is 5.75 Å². The molecular formula is C14H17ClN4OS. The van der Waals surface area contributed by atoms with Crippen molar-refractivity contribution in [1.29, 1.82) is 0 Å². The van der Waals surface area contributed by atoms with Gasteiger partial charge in [-0.15, -0.1) is 10.2 Å². The summed E-state index contributed by atoms with van der Waals surface area (Å²) in [5.74, 6) is 0.335. The maximum absolute atomic E-state index is 11.8. The van der Waals surface area contributed by atoms with Gasteiger partial charge < -0.3 is 9.88 Å². The lowest BCUT2D eigenvalue weighted by Gasteiger charge is -2.06. The third-order valence-corrected chi connectivity index (χ3v) is 4.09. The lowest BCUT2D eigenvalue weighted by atomic mass is 10.1. The Morgan fingerprint density at radius 2 is 2.33 bits per heavy atom. The second-order valence-corrected chi connectivity index (χ2v) is 5.80. The van der Waals surface area contributed by atoms with Gasteiger partial charge >= 0.3 is 0 Å². The molecule has 2 aromatic rings. The van der Waals surface area contributed by atoms with Gasteiger partial charge in [0.1, 0.15) is 6.33 Å². The number of carbonyl (C=O) groups excluding carboxylic acids is 1. The summed E-state index contributed by atoms with van der Waals surface area (Å²) >= 11 is 7.31. The predicted molar refractivity (Wildman–Crippen MR) is 84.6 cm³/mol. The molecule has 0 atom stereocenters. The van der Waals surface area contributed by atoms with Crippen LogP contribution < -0.4 is 5.32 Å². The van der Waals surface area contributed by atoms with E-state index in [-0.39, 0.29) is 5.91 Å². The number of benzene rings is 1. The number of hydrogen-bond donors (Lipinski definition) is 1. The van der Waals surface area contributed by atoms with Crippen LogP contribution in [0.15, 0.2) is 35.7 Å². The molecule has 7 heteroatoms. The first-order chi connectivity index (χ1) is 10.2. The molecule has 5 nitrogen and oxygen atoms in total. The summed E-state index contributed by atoms with van der Waals surface area (Å²) < 4.78 is 1.91. The molecule has 1 N–H and O–H groups in total. The summed E-state index contributed by atoms with van der Waals surface area (Å²) in [5, 5.41) is 12.2. The monoisotopic (exact) mass is 324 g/mol. The van der Waals surface area contributed by atoms with Crippen molar-refractivity contribution in [1.82, 2.24) is 20.1 Å². The topological polar surface area (TPSA) is 59.8 Å². The Labute approximate surface area is 133 Å². The van der Waals surface area contributed by atoms with E-state index in [1.165, 1.54) is 11.8 Å². The number of hydrogen-bond acceptors (Lipinski definition) is 4. The molecule has 0 saturated carbocycles. The number of aryl methyl sites for hydroxylation is 1. The summed E-state index contributed by atoms with van der Waals surface area (Å²) in [7, 11) is 0. The maximum atomic E-state index is 11.8. The van der Waals surface area contributed by atoms with E-state index in [0.717, 1.165) is 23.7 Å². The van der Waals surface area contributed by atoms with Gasteiger partial charge in [0.25, 0.3) is 0 Å². The summed E-state index contributed by atoms with van der Waals surface area (Å²) in [4.78, 5) is 11.8. The summed E-state index contributed by atoms with van der Waals surface area (Å²) in [5.41, 5.74) is 1.11. The van der Waals surface area contributed by atoms with Crippen molar-refractivity contribution in [3.63, 3.8) is 0 Å². The van der Waals surface area contributed by atoms with Crippen molar-refractivity contribution in [3.05, 3.63) is 41.2 Å². The summed E-state index contributed by atoms with van der Waals surface area (Å²) in [6.45, 7) is 3.41. The maximum Gasteiger partial charge on any atom is 0.230 e. The van der Waals surface area contributed by atoms with Gasteiger partial charge in [0, 0.05) is 18.1 Å². The smallest absolute Gasteiger partial charge is 0.230 e. The molecule has 2 rings (SSSR count). The Morgan fingerprint density at radius 3 is 3.10 bits per heavy atom. The molecule has 21 heavy (non-hydrogen) atoms. The summed E-state index contributed by atoms with van der Waals surface area (Å²) in [6.07, 6.45) is 2.43. The number of thioether (sulfide) groups is 1. The first kappa shape index (κ1) is 15.9. The second kappa shape index (κ2) is 8.05. The van der Waals surface area contributed by atoms with E-state index in [4.69, 9.17) is 11.6 Å². The highest BCUT2D eigenvalue weighted by Gasteiger charge is 2.07. The van der Waals surface area contributed by atoms with Crippen molar-refractivity contribution >= 4 is 29.3 Å². The molecular weight excluding hydrogens is 308 g/mol. The van der Waals surface area contributed by atoms with Crippen LogP contribution in [0, 0.1) is 0 Å². The minimum absolute atomic E-state index is 0.00678. The predicted octanol–water partition coefficient (Wildman–Crippen LogP) is 2.40. The molecule has 1 aromatic heterocycles. The molecule has 112 valence electrons. The molecule has 0 spiro atoms.